The second-order valence-electron chi connectivity index (χ2n) is 12.6. The molecule has 0 aromatic heterocycles. The zero-order valence-electron chi connectivity index (χ0n) is 30.1. The summed E-state index contributed by atoms with van der Waals surface area (Å²) in [6.45, 7) is 5.67. The maximum Gasteiger partial charge on any atom is 0.294 e. The molecule has 0 saturated carbocycles. The molecule has 0 spiro atoms. The van der Waals surface area contributed by atoms with E-state index < -0.39 is 20.2 Å². The lowest BCUT2D eigenvalue weighted by Crippen LogP contribution is -2.11. The Hall–Kier alpha value is -1.82. The number of rotatable bonds is 25. The van der Waals surface area contributed by atoms with Gasteiger partial charge in [-0.1, -0.05) is 166 Å². The molecule has 2 aromatic carbocycles. The summed E-state index contributed by atoms with van der Waals surface area (Å²) in [6, 6.07) is 13.5. The third kappa shape index (κ3) is 25.2. The second kappa shape index (κ2) is 30.0. The minimum Gasteiger partial charge on any atom is -0.329 e. The molecule has 10 heteroatoms. The van der Waals surface area contributed by atoms with Crippen LogP contribution in [0.2, 0.25) is 0 Å². The zero-order chi connectivity index (χ0) is 35.9. The molecule has 0 atom stereocenters. The van der Waals surface area contributed by atoms with Crippen LogP contribution in [0.1, 0.15) is 153 Å². The van der Waals surface area contributed by atoms with E-state index in [0.717, 1.165) is 36.8 Å². The highest BCUT2D eigenvalue weighted by atomic mass is 32.2. The molecule has 2 rings (SSSR count). The van der Waals surface area contributed by atoms with Crippen LogP contribution in [-0.4, -0.2) is 39.0 Å². The van der Waals surface area contributed by atoms with Crippen LogP contribution in [0.15, 0.2) is 58.3 Å². The van der Waals surface area contributed by atoms with Crippen molar-refractivity contribution in [3.8, 4) is 0 Å². The fourth-order valence-electron chi connectivity index (χ4n) is 5.53. The minimum atomic E-state index is -4.10. The Kier molecular flexibility index (Phi) is 28.9. The monoisotopic (exact) mass is 712 g/mol. The highest BCUT2D eigenvalue weighted by Crippen LogP contribution is 2.20. The summed E-state index contributed by atoms with van der Waals surface area (Å²) in [6.07, 6.45) is 26.6. The number of hydrogen-bond acceptors (Lipinski definition) is 6. The molecule has 0 aliphatic heterocycles. The molecular formula is C38H68N2O6S2. The summed E-state index contributed by atoms with van der Waals surface area (Å²) in [7, 11) is -8.19. The van der Waals surface area contributed by atoms with Crippen molar-refractivity contribution in [1.29, 1.82) is 0 Å². The predicted molar refractivity (Wildman–Crippen MR) is 202 cm³/mol. The topological polar surface area (TPSA) is 161 Å². The molecule has 0 amide bonds. The number of nitrogens with two attached hydrogens (primary N) is 2. The maximum atomic E-state index is 11.3. The molecule has 0 aliphatic rings. The summed E-state index contributed by atoms with van der Waals surface area (Å²) < 4.78 is 63.6. The maximum absolute atomic E-state index is 11.3. The van der Waals surface area contributed by atoms with E-state index in [1.807, 2.05) is 12.1 Å². The molecule has 6 N–H and O–H groups in total. The molecule has 0 radical (unpaired) electrons. The van der Waals surface area contributed by atoms with Gasteiger partial charge in [0.2, 0.25) is 0 Å². The van der Waals surface area contributed by atoms with Gasteiger partial charge in [0.25, 0.3) is 20.2 Å². The van der Waals surface area contributed by atoms with Crippen molar-refractivity contribution in [2.75, 3.05) is 13.1 Å². The molecule has 0 heterocycles. The van der Waals surface area contributed by atoms with Crippen molar-refractivity contribution in [1.82, 2.24) is 0 Å². The van der Waals surface area contributed by atoms with Crippen molar-refractivity contribution >= 4 is 20.2 Å². The van der Waals surface area contributed by atoms with Crippen LogP contribution in [0, 0.1) is 0 Å². The number of aryl methyl sites for hydroxylation is 2. The van der Waals surface area contributed by atoms with Crippen LogP contribution in [0.3, 0.4) is 0 Å². The van der Waals surface area contributed by atoms with Gasteiger partial charge in [-0.3, -0.25) is 9.11 Å². The van der Waals surface area contributed by atoms with Gasteiger partial charge in [-0.05, 0) is 48.9 Å². The Morgan fingerprint density at radius 2 is 0.688 bits per heavy atom. The van der Waals surface area contributed by atoms with E-state index in [0.29, 0.717) is 25.9 Å². The van der Waals surface area contributed by atoms with Crippen LogP contribution in [-0.2, 0) is 33.1 Å². The summed E-state index contributed by atoms with van der Waals surface area (Å²) >= 11 is 0. The molecule has 48 heavy (non-hydrogen) atoms. The highest BCUT2D eigenvalue weighted by Gasteiger charge is 2.14. The van der Waals surface area contributed by atoms with Crippen LogP contribution < -0.4 is 11.5 Å². The van der Waals surface area contributed by atoms with Crippen molar-refractivity contribution < 1.29 is 25.9 Å². The molecule has 0 saturated heterocycles. The van der Waals surface area contributed by atoms with E-state index in [1.54, 1.807) is 24.3 Å². The standard InChI is InChI=1S/2C18H30O3S.C2H8N2/c2*1-2-3-4-5-6-7-8-9-10-11-14-17-15-12-13-16-18(17)22(19,20)21;3-1-2-4/h2*12-13,15-16H,2-11,14H2,1H3,(H,19,20,21);1-4H2. The zero-order valence-corrected chi connectivity index (χ0v) is 31.7. The largest absolute Gasteiger partial charge is 0.329 e. The average Bonchev–Trinajstić information content (AvgIpc) is 3.06. The average molecular weight is 713 g/mol. The van der Waals surface area contributed by atoms with E-state index in [-0.39, 0.29) is 9.79 Å². The van der Waals surface area contributed by atoms with Crippen LogP contribution in [0.4, 0.5) is 0 Å². The lowest BCUT2D eigenvalue weighted by molar-refractivity contribution is 0.479. The lowest BCUT2D eigenvalue weighted by Gasteiger charge is -2.07. The molecule has 0 aliphatic carbocycles. The van der Waals surface area contributed by atoms with Gasteiger partial charge in [0.1, 0.15) is 0 Å². The summed E-state index contributed by atoms with van der Waals surface area (Å²) in [4.78, 5) is 0.122. The Balaban J connectivity index is 0.000000827. The molecule has 2 aromatic rings. The second-order valence-corrected chi connectivity index (χ2v) is 15.4. The van der Waals surface area contributed by atoms with Gasteiger partial charge in [-0.15, -0.1) is 0 Å². The number of benzene rings is 2. The molecule has 278 valence electrons. The fraction of sp³-hybridized carbons (Fsp3) is 0.684. The van der Waals surface area contributed by atoms with Gasteiger partial charge in [-0.2, -0.15) is 16.8 Å². The van der Waals surface area contributed by atoms with Crippen LogP contribution in [0.25, 0.3) is 0 Å². The van der Waals surface area contributed by atoms with Gasteiger partial charge in [0.05, 0.1) is 9.79 Å². The van der Waals surface area contributed by atoms with E-state index in [2.05, 4.69) is 13.8 Å². The fourth-order valence-corrected chi connectivity index (χ4v) is 7.03. The Bertz CT molecular complexity index is 1160. The van der Waals surface area contributed by atoms with E-state index in [1.165, 1.54) is 115 Å². The minimum absolute atomic E-state index is 0.0610. The first-order chi connectivity index (χ1) is 23.0. The molecule has 0 unspecified atom stereocenters. The number of hydrogen-bond donors (Lipinski definition) is 4. The highest BCUT2D eigenvalue weighted by molar-refractivity contribution is 7.86. The van der Waals surface area contributed by atoms with Crippen LogP contribution >= 0.6 is 0 Å². The van der Waals surface area contributed by atoms with Gasteiger partial charge < -0.3 is 11.5 Å². The van der Waals surface area contributed by atoms with Gasteiger partial charge in [0.15, 0.2) is 0 Å². The first-order valence-electron chi connectivity index (χ1n) is 18.5. The Morgan fingerprint density at radius 3 is 0.938 bits per heavy atom. The molecule has 8 nitrogen and oxygen atoms in total. The van der Waals surface area contributed by atoms with E-state index >= 15 is 0 Å². The van der Waals surface area contributed by atoms with E-state index in [4.69, 9.17) is 11.5 Å². The SMILES string of the molecule is CCCCCCCCCCCCc1ccccc1S(=O)(=O)O.CCCCCCCCCCCCc1ccccc1S(=O)(=O)O.NCCN. The normalized spacial score (nSPS) is 11.4. The third-order valence-corrected chi connectivity index (χ3v) is 10.2. The first-order valence-corrected chi connectivity index (χ1v) is 21.4. The molecule has 0 fully saturated rings. The van der Waals surface area contributed by atoms with Gasteiger partial charge >= 0.3 is 0 Å². The van der Waals surface area contributed by atoms with Gasteiger partial charge in [-0.25, -0.2) is 0 Å². The number of unbranched alkanes of at least 4 members (excludes halogenated alkanes) is 18. The van der Waals surface area contributed by atoms with E-state index in [9.17, 15) is 25.9 Å². The summed E-state index contributed by atoms with van der Waals surface area (Å²) in [5.74, 6) is 0. The lowest BCUT2D eigenvalue weighted by atomic mass is 10.0. The predicted octanol–water partition coefficient (Wildman–Crippen LogP) is 9.70. The van der Waals surface area contributed by atoms with Gasteiger partial charge in [0, 0.05) is 13.1 Å². The van der Waals surface area contributed by atoms with Crippen LogP contribution in [0.5, 0.6) is 0 Å². The van der Waals surface area contributed by atoms with Crippen molar-refractivity contribution in [2.24, 2.45) is 11.5 Å². The Morgan fingerprint density at radius 1 is 0.438 bits per heavy atom. The van der Waals surface area contributed by atoms with Crippen molar-refractivity contribution in [3.05, 3.63) is 59.7 Å². The van der Waals surface area contributed by atoms with Crippen molar-refractivity contribution in [3.63, 3.8) is 0 Å². The summed E-state index contributed by atoms with van der Waals surface area (Å²) in [5.41, 5.74) is 11.3. The Labute approximate surface area is 294 Å². The smallest absolute Gasteiger partial charge is 0.294 e. The quantitative estimate of drug-likeness (QED) is 0.0584. The third-order valence-electron chi connectivity index (χ3n) is 8.27. The molecular weight excluding hydrogens is 645 g/mol. The molecule has 0 bridgehead atoms. The summed E-state index contributed by atoms with van der Waals surface area (Å²) in [5, 5.41) is 0. The van der Waals surface area contributed by atoms with Crippen molar-refractivity contribution in [2.45, 2.75) is 165 Å². The first kappa shape index (κ1) is 46.2.